The second-order valence-electron chi connectivity index (χ2n) is 7.51. The van der Waals surface area contributed by atoms with Crippen LogP contribution in [-0.4, -0.2) is 36.7 Å². The highest BCUT2D eigenvalue weighted by Gasteiger charge is 2.19. The number of aromatic nitrogens is 5. The van der Waals surface area contributed by atoms with E-state index in [9.17, 15) is 4.79 Å². The lowest BCUT2D eigenvalue weighted by Gasteiger charge is -2.13. The number of pyridine rings is 1. The summed E-state index contributed by atoms with van der Waals surface area (Å²) in [6.45, 7) is 6.03. The smallest absolute Gasteiger partial charge is 0.270 e. The van der Waals surface area contributed by atoms with E-state index in [0.29, 0.717) is 27.5 Å². The molecule has 1 N–H and O–H groups in total. The van der Waals surface area contributed by atoms with Gasteiger partial charge in [0.05, 0.1) is 11.4 Å². The molecule has 7 nitrogen and oxygen atoms in total. The van der Waals surface area contributed by atoms with Crippen molar-refractivity contribution in [3.05, 3.63) is 69.4 Å². The van der Waals surface area contributed by atoms with Crippen LogP contribution in [0.25, 0.3) is 17.1 Å². The number of thiazole rings is 1. The van der Waals surface area contributed by atoms with E-state index in [1.165, 1.54) is 23.1 Å². The Hall–Kier alpha value is -2.75. The molecule has 33 heavy (non-hydrogen) atoms. The summed E-state index contributed by atoms with van der Waals surface area (Å²) in [5.41, 5.74) is 3.25. The molecular formula is C23H23ClN6OS2. The zero-order valence-corrected chi connectivity index (χ0v) is 20.8. The zero-order valence-electron chi connectivity index (χ0n) is 18.4. The molecule has 3 aromatic heterocycles. The molecule has 1 aromatic carbocycles. The predicted octanol–water partition coefficient (Wildman–Crippen LogP) is 5.57. The van der Waals surface area contributed by atoms with Crippen LogP contribution < -0.4 is 5.32 Å². The third kappa shape index (κ3) is 5.43. The van der Waals surface area contributed by atoms with Crippen LogP contribution in [0.1, 0.15) is 41.3 Å². The van der Waals surface area contributed by atoms with Crippen molar-refractivity contribution in [2.24, 2.45) is 0 Å². The summed E-state index contributed by atoms with van der Waals surface area (Å²) in [7, 11) is 0. The van der Waals surface area contributed by atoms with Gasteiger partial charge < -0.3 is 5.32 Å². The van der Waals surface area contributed by atoms with Crippen molar-refractivity contribution in [2.75, 3.05) is 0 Å². The maximum Gasteiger partial charge on any atom is 0.270 e. The van der Waals surface area contributed by atoms with Crippen LogP contribution >= 0.6 is 34.7 Å². The van der Waals surface area contributed by atoms with Crippen molar-refractivity contribution in [1.82, 2.24) is 30.0 Å². The summed E-state index contributed by atoms with van der Waals surface area (Å²) in [5.74, 6) is 1.10. The molecule has 1 unspecified atom stereocenters. The first-order valence-corrected chi connectivity index (χ1v) is 12.7. The largest absolute Gasteiger partial charge is 0.348 e. The summed E-state index contributed by atoms with van der Waals surface area (Å²) >= 11 is 9.29. The number of nitrogens with one attached hydrogen (secondary N) is 1. The van der Waals surface area contributed by atoms with Gasteiger partial charge in [0.2, 0.25) is 0 Å². The molecule has 0 aliphatic heterocycles. The minimum atomic E-state index is -0.145. The molecule has 0 spiro atoms. The monoisotopic (exact) mass is 498 g/mol. The van der Waals surface area contributed by atoms with Gasteiger partial charge in [-0.3, -0.25) is 14.3 Å². The van der Waals surface area contributed by atoms with Gasteiger partial charge >= 0.3 is 0 Å². The molecule has 1 atom stereocenters. The van der Waals surface area contributed by atoms with Crippen molar-refractivity contribution in [3.8, 4) is 17.1 Å². The standard InChI is InChI=1S/C23H23ClN6OS2/c1-4-15(3)26-22(31)18-12-32-20(27-18)13-33-23-29-28-21(16-6-5-9-25-11-16)30(23)19-10-17(24)8-7-14(19)2/h5-12,15H,4,13H2,1-3H3,(H,26,31). The highest BCUT2D eigenvalue weighted by atomic mass is 35.5. The van der Waals surface area contributed by atoms with E-state index in [2.05, 4.69) is 25.5 Å². The van der Waals surface area contributed by atoms with Crippen LogP contribution in [-0.2, 0) is 5.75 Å². The third-order valence-corrected chi connectivity index (χ3v) is 7.27. The van der Waals surface area contributed by atoms with Gasteiger partial charge in [-0.1, -0.05) is 36.4 Å². The number of hydrogen-bond acceptors (Lipinski definition) is 7. The number of carbonyl (C=O) groups is 1. The van der Waals surface area contributed by atoms with Crippen molar-refractivity contribution in [3.63, 3.8) is 0 Å². The molecular weight excluding hydrogens is 476 g/mol. The number of hydrogen-bond donors (Lipinski definition) is 1. The number of thioether (sulfide) groups is 1. The molecule has 0 bridgehead atoms. The van der Waals surface area contributed by atoms with Gasteiger partial charge in [0.25, 0.3) is 5.91 Å². The maximum absolute atomic E-state index is 12.4. The summed E-state index contributed by atoms with van der Waals surface area (Å²) in [6, 6.07) is 9.68. The first kappa shape index (κ1) is 23.4. The Morgan fingerprint density at radius 3 is 2.91 bits per heavy atom. The number of amides is 1. The molecule has 0 saturated heterocycles. The van der Waals surface area contributed by atoms with Crippen molar-refractivity contribution < 1.29 is 4.79 Å². The van der Waals surface area contributed by atoms with E-state index in [4.69, 9.17) is 11.6 Å². The fraction of sp³-hybridized carbons (Fsp3) is 0.261. The Bertz CT molecular complexity index is 1260. The van der Waals surface area contributed by atoms with Crippen LogP contribution in [0.3, 0.4) is 0 Å². The van der Waals surface area contributed by atoms with E-state index >= 15 is 0 Å². The van der Waals surface area contributed by atoms with Crippen molar-refractivity contribution in [2.45, 2.75) is 44.1 Å². The Balaban J connectivity index is 1.62. The van der Waals surface area contributed by atoms with E-state index < -0.39 is 0 Å². The van der Waals surface area contributed by atoms with E-state index in [1.54, 1.807) is 17.8 Å². The first-order chi connectivity index (χ1) is 16.0. The Labute approximate surface area is 205 Å². The quantitative estimate of drug-likeness (QED) is 0.320. The summed E-state index contributed by atoms with van der Waals surface area (Å²) in [5, 5.41) is 15.8. The molecule has 1 amide bonds. The SMILES string of the molecule is CCC(C)NC(=O)c1csc(CSc2nnc(-c3cccnc3)n2-c2cc(Cl)ccc2C)n1. The average Bonchev–Trinajstić information content (AvgIpc) is 3.47. The van der Waals surface area contributed by atoms with E-state index in [1.807, 2.05) is 55.7 Å². The predicted molar refractivity (Wildman–Crippen MR) is 133 cm³/mol. The second-order valence-corrected chi connectivity index (χ2v) is 9.83. The van der Waals surface area contributed by atoms with E-state index in [0.717, 1.165) is 28.2 Å². The molecule has 170 valence electrons. The normalized spacial score (nSPS) is 12.0. The molecule has 0 radical (unpaired) electrons. The Morgan fingerprint density at radius 2 is 2.15 bits per heavy atom. The Morgan fingerprint density at radius 1 is 1.30 bits per heavy atom. The van der Waals surface area contributed by atoms with Gasteiger partial charge in [-0.25, -0.2) is 4.98 Å². The molecule has 10 heteroatoms. The van der Waals surface area contributed by atoms with Crippen molar-refractivity contribution >= 4 is 40.6 Å². The lowest BCUT2D eigenvalue weighted by Crippen LogP contribution is -2.32. The van der Waals surface area contributed by atoms with Crippen LogP contribution in [0.2, 0.25) is 5.02 Å². The van der Waals surface area contributed by atoms with Gasteiger partial charge in [-0.05, 0) is 50.1 Å². The highest BCUT2D eigenvalue weighted by Crippen LogP contribution is 2.32. The molecule has 4 rings (SSSR count). The van der Waals surface area contributed by atoms with Crippen LogP contribution in [0.5, 0.6) is 0 Å². The van der Waals surface area contributed by atoms with Crippen LogP contribution in [0.15, 0.2) is 53.3 Å². The molecule has 0 fully saturated rings. The number of nitrogens with zero attached hydrogens (tertiary/aromatic N) is 5. The highest BCUT2D eigenvalue weighted by molar-refractivity contribution is 7.98. The van der Waals surface area contributed by atoms with Gasteiger partial charge in [0.15, 0.2) is 11.0 Å². The van der Waals surface area contributed by atoms with Crippen LogP contribution in [0.4, 0.5) is 0 Å². The lowest BCUT2D eigenvalue weighted by atomic mass is 10.2. The second kappa shape index (κ2) is 10.5. The first-order valence-electron chi connectivity index (χ1n) is 10.5. The summed E-state index contributed by atoms with van der Waals surface area (Å²) in [6.07, 6.45) is 4.36. The number of rotatable bonds is 8. The summed E-state index contributed by atoms with van der Waals surface area (Å²) < 4.78 is 1.99. The number of benzene rings is 1. The van der Waals surface area contributed by atoms with Crippen molar-refractivity contribution in [1.29, 1.82) is 0 Å². The Kier molecular flexibility index (Phi) is 7.42. The van der Waals surface area contributed by atoms with Gasteiger partial charge in [0.1, 0.15) is 10.7 Å². The minimum Gasteiger partial charge on any atom is -0.348 e. The topological polar surface area (TPSA) is 85.6 Å². The third-order valence-electron chi connectivity index (χ3n) is 5.06. The lowest BCUT2D eigenvalue weighted by molar-refractivity contribution is 0.0935. The van der Waals surface area contributed by atoms with Gasteiger partial charge in [0, 0.05) is 34.4 Å². The average molecular weight is 499 g/mol. The van der Waals surface area contributed by atoms with E-state index in [-0.39, 0.29) is 11.9 Å². The minimum absolute atomic E-state index is 0.113. The summed E-state index contributed by atoms with van der Waals surface area (Å²) in [4.78, 5) is 21.1. The fourth-order valence-corrected chi connectivity index (χ4v) is 5.00. The molecule has 4 aromatic rings. The molecule has 3 heterocycles. The number of carbonyl (C=O) groups excluding carboxylic acids is 1. The number of halogens is 1. The fourth-order valence-electron chi connectivity index (χ4n) is 3.09. The van der Waals surface area contributed by atoms with Gasteiger partial charge in [-0.15, -0.1) is 21.5 Å². The maximum atomic E-state index is 12.4. The molecule has 0 aliphatic carbocycles. The zero-order chi connectivity index (χ0) is 23.4. The molecule has 0 aliphatic rings. The number of aryl methyl sites for hydroxylation is 1. The molecule has 0 saturated carbocycles. The van der Waals surface area contributed by atoms with Gasteiger partial charge in [-0.2, -0.15) is 0 Å². The van der Waals surface area contributed by atoms with Crippen LogP contribution in [0, 0.1) is 6.92 Å².